The van der Waals surface area contributed by atoms with Gasteiger partial charge in [-0.3, -0.25) is 4.90 Å². The average molecular weight is 290 g/mol. The Morgan fingerprint density at radius 1 is 1.24 bits per heavy atom. The minimum absolute atomic E-state index is 0.345. The van der Waals surface area contributed by atoms with Crippen LogP contribution in [0.4, 0.5) is 0 Å². The predicted molar refractivity (Wildman–Crippen MR) is 83.7 cm³/mol. The summed E-state index contributed by atoms with van der Waals surface area (Å²) < 4.78 is 5.41. The van der Waals surface area contributed by atoms with Crippen molar-refractivity contribution < 1.29 is 9.84 Å². The quantitative estimate of drug-likeness (QED) is 0.927. The molecular formula is C17H26N2O2. The lowest BCUT2D eigenvalue weighted by molar-refractivity contribution is 0.0886. The first-order valence-corrected chi connectivity index (χ1v) is 7.88. The second-order valence-electron chi connectivity index (χ2n) is 6.76. The normalized spacial score (nSPS) is 27.3. The van der Waals surface area contributed by atoms with Crippen molar-refractivity contribution in [3.8, 4) is 11.5 Å². The Balaban J connectivity index is 1.73. The van der Waals surface area contributed by atoms with E-state index >= 15 is 0 Å². The minimum Gasteiger partial charge on any atom is -0.507 e. The van der Waals surface area contributed by atoms with Crippen LogP contribution < -0.4 is 4.74 Å². The van der Waals surface area contributed by atoms with Gasteiger partial charge in [0, 0.05) is 25.2 Å². The predicted octanol–water partition coefficient (Wildman–Crippen LogP) is 2.32. The van der Waals surface area contributed by atoms with Crippen molar-refractivity contribution in [3.05, 3.63) is 23.8 Å². The summed E-state index contributed by atoms with van der Waals surface area (Å²) in [6, 6.07) is 5.51. The molecule has 2 saturated heterocycles. The van der Waals surface area contributed by atoms with Gasteiger partial charge in [0.15, 0.2) is 0 Å². The molecule has 2 aliphatic rings. The van der Waals surface area contributed by atoms with Crippen LogP contribution in [0.1, 0.15) is 24.8 Å². The number of ether oxygens (including phenoxy) is 1. The summed E-state index contributed by atoms with van der Waals surface area (Å²) in [5, 5.41) is 10.1. The Hall–Kier alpha value is -1.26. The number of rotatable bonds is 3. The van der Waals surface area contributed by atoms with Gasteiger partial charge in [-0.2, -0.15) is 0 Å². The van der Waals surface area contributed by atoms with Crippen LogP contribution in [0.25, 0.3) is 0 Å². The number of methoxy groups -OCH3 is 1. The van der Waals surface area contributed by atoms with Crippen LogP contribution in [0.3, 0.4) is 0 Å². The highest BCUT2D eigenvalue weighted by atomic mass is 16.5. The van der Waals surface area contributed by atoms with Crippen LogP contribution in [-0.4, -0.2) is 55.2 Å². The maximum Gasteiger partial charge on any atom is 0.127 e. The van der Waals surface area contributed by atoms with Crippen LogP contribution in [0.2, 0.25) is 0 Å². The van der Waals surface area contributed by atoms with Gasteiger partial charge in [-0.15, -0.1) is 0 Å². The zero-order valence-corrected chi connectivity index (χ0v) is 13.1. The second kappa shape index (κ2) is 5.85. The highest BCUT2D eigenvalue weighted by Gasteiger charge is 2.40. The van der Waals surface area contributed by atoms with Gasteiger partial charge < -0.3 is 14.7 Å². The molecule has 21 heavy (non-hydrogen) atoms. The Bertz CT molecular complexity index is 502. The molecule has 0 radical (unpaired) electrons. The largest absolute Gasteiger partial charge is 0.507 e. The van der Waals surface area contributed by atoms with E-state index in [2.05, 4.69) is 16.8 Å². The fourth-order valence-corrected chi connectivity index (χ4v) is 4.06. The third-order valence-corrected chi connectivity index (χ3v) is 5.08. The summed E-state index contributed by atoms with van der Waals surface area (Å²) >= 11 is 0. The third kappa shape index (κ3) is 3.01. The van der Waals surface area contributed by atoms with Gasteiger partial charge in [0.1, 0.15) is 11.5 Å². The number of hydrogen-bond acceptors (Lipinski definition) is 4. The minimum atomic E-state index is 0.345. The Kier molecular flexibility index (Phi) is 4.09. The van der Waals surface area contributed by atoms with Gasteiger partial charge >= 0.3 is 0 Å². The second-order valence-corrected chi connectivity index (χ2v) is 6.76. The summed E-state index contributed by atoms with van der Waals surface area (Å²) in [5.41, 5.74) is 1.38. The zero-order chi connectivity index (χ0) is 14.9. The molecule has 4 heteroatoms. The number of benzene rings is 1. The van der Waals surface area contributed by atoms with Gasteiger partial charge in [-0.1, -0.05) is 6.07 Å². The van der Waals surface area contributed by atoms with Crippen molar-refractivity contribution in [2.75, 3.05) is 40.3 Å². The molecule has 1 atom stereocenters. The molecule has 0 unspecified atom stereocenters. The fourth-order valence-electron chi connectivity index (χ4n) is 4.06. The Morgan fingerprint density at radius 2 is 2.10 bits per heavy atom. The Labute approximate surface area is 127 Å². The summed E-state index contributed by atoms with van der Waals surface area (Å²) in [7, 11) is 3.89. The van der Waals surface area contributed by atoms with E-state index in [1.165, 1.54) is 32.4 Å². The maximum atomic E-state index is 10.1. The highest BCUT2D eigenvalue weighted by molar-refractivity contribution is 5.43. The standard InChI is InChI=1S/C17H26N2O2/c1-18-10-8-17(12-18)7-4-9-19(13-17)11-14-15(20)5-3-6-16(14)21-2/h3,5-6,20H,4,7-13H2,1-2H3/t17-/m1/s1. The van der Waals surface area contributed by atoms with Crippen molar-refractivity contribution in [1.82, 2.24) is 9.80 Å². The van der Waals surface area contributed by atoms with Crippen LogP contribution in [0, 0.1) is 5.41 Å². The van der Waals surface area contributed by atoms with E-state index in [1.54, 1.807) is 13.2 Å². The van der Waals surface area contributed by atoms with Gasteiger partial charge in [0.2, 0.25) is 0 Å². The van der Waals surface area contributed by atoms with Crippen molar-refractivity contribution in [3.63, 3.8) is 0 Å². The molecule has 0 saturated carbocycles. The molecule has 2 heterocycles. The first-order valence-electron chi connectivity index (χ1n) is 7.88. The molecule has 1 N–H and O–H groups in total. The fraction of sp³-hybridized carbons (Fsp3) is 0.647. The molecule has 4 nitrogen and oxygen atoms in total. The molecule has 1 spiro atoms. The number of aromatic hydroxyl groups is 1. The maximum absolute atomic E-state index is 10.1. The molecule has 3 rings (SSSR count). The molecule has 2 fully saturated rings. The van der Waals surface area contributed by atoms with Crippen molar-refractivity contribution in [1.29, 1.82) is 0 Å². The molecule has 0 bridgehead atoms. The molecular weight excluding hydrogens is 264 g/mol. The topological polar surface area (TPSA) is 35.9 Å². The summed E-state index contributed by atoms with van der Waals surface area (Å²) in [5.74, 6) is 1.13. The van der Waals surface area contributed by atoms with E-state index in [9.17, 15) is 5.11 Å². The number of likely N-dealkylation sites (tertiary alicyclic amines) is 2. The lowest BCUT2D eigenvalue weighted by atomic mass is 9.79. The SMILES string of the molecule is COc1cccc(O)c1CN1CCC[C@]2(CCN(C)C2)C1. The molecule has 116 valence electrons. The van der Waals surface area contributed by atoms with Crippen LogP contribution in [0.15, 0.2) is 18.2 Å². The Morgan fingerprint density at radius 3 is 2.81 bits per heavy atom. The van der Waals surface area contributed by atoms with Crippen LogP contribution in [-0.2, 0) is 6.54 Å². The van der Waals surface area contributed by atoms with Crippen LogP contribution in [0.5, 0.6) is 11.5 Å². The lowest BCUT2D eigenvalue weighted by Gasteiger charge is -2.40. The first-order chi connectivity index (χ1) is 10.1. The number of nitrogens with zero attached hydrogens (tertiary/aromatic N) is 2. The van der Waals surface area contributed by atoms with Crippen LogP contribution >= 0.6 is 0 Å². The van der Waals surface area contributed by atoms with E-state index in [0.717, 1.165) is 30.9 Å². The monoisotopic (exact) mass is 290 g/mol. The molecule has 1 aromatic rings. The van der Waals surface area contributed by atoms with Gasteiger partial charge in [0.25, 0.3) is 0 Å². The average Bonchev–Trinajstić information content (AvgIpc) is 2.82. The summed E-state index contributed by atoms with van der Waals surface area (Å²) in [6.45, 7) is 5.45. The van der Waals surface area contributed by atoms with Crippen molar-refractivity contribution >= 4 is 0 Å². The van der Waals surface area contributed by atoms with Gasteiger partial charge in [0.05, 0.1) is 7.11 Å². The first kappa shape index (κ1) is 14.7. The highest BCUT2D eigenvalue weighted by Crippen LogP contribution is 2.39. The van der Waals surface area contributed by atoms with E-state index in [0.29, 0.717) is 11.2 Å². The van der Waals surface area contributed by atoms with E-state index in [4.69, 9.17) is 4.74 Å². The number of piperidine rings is 1. The molecule has 2 aliphatic heterocycles. The van der Waals surface area contributed by atoms with E-state index < -0.39 is 0 Å². The lowest BCUT2D eigenvalue weighted by Crippen LogP contribution is -2.44. The smallest absolute Gasteiger partial charge is 0.127 e. The number of phenols is 1. The summed E-state index contributed by atoms with van der Waals surface area (Å²) in [4.78, 5) is 4.93. The molecule has 0 amide bonds. The number of hydrogen-bond donors (Lipinski definition) is 1. The molecule has 1 aromatic carbocycles. The van der Waals surface area contributed by atoms with Gasteiger partial charge in [-0.25, -0.2) is 0 Å². The third-order valence-electron chi connectivity index (χ3n) is 5.08. The van der Waals surface area contributed by atoms with Crippen molar-refractivity contribution in [2.24, 2.45) is 5.41 Å². The number of phenolic OH excluding ortho intramolecular Hbond substituents is 1. The molecule has 0 aromatic heterocycles. The summed E-state index contributed by atoms with van der Waals surface area (Å²) in [6.07, 6.45) is 3.90. The van der Waals surface area contributed by atoms with Gasteiger partial charge in [-0.05, 0) is 56.9 Å². The van der Waals surface area contributed by atoms with E-state index in [1.807, 2.05) is 12.1 Å². The molecule has 0 aliphatic carbocycles. The van der Waals surface area contributed by atoms with E-state index in [-0.39, 0.29) is 0 Å². The van der Waals surface area contributed by atoms with Crippen molar-refractivity contribution in [2.45, 2.75) is 25.8 Å². The zero-order valence-electron chi connectivity index (χ0n) is 13.1.